The fraction of sp³-hybridized carbons (Fsp3) is 0.286. The standard InChI is InChI=1S/C14H16BrNS/c1-10-7-8-12(17-10)9-16-11(2)13-5-3-4-6-14(13)15/h3-8,11,16H,9H2,1-2H3. The van der Waals surface area contributed by atoms with E-state index in [0.717, 1.165) is 6.54 Å². The van der Waals surface area contributed by atoms with Gasteiger partial charge in [0.05, 0.1) is 0 Å². The highest BCUT2D eigenvalue weighted by molar-refractivity contribution is 9.10. The van der Waals surface area contributed by atoms with Gasteiger partial charge < -0.3 is 5.32 Å². The van der Waals surface area contributed by atoms with Gasteiger partial charge in [0.25, 0.3) is 0 Å². The van der Waals surface area contributed by atoms with Crippen molar-refractivity contribution in [2.24, 2.45) is 0 Å². The molecule has 1 atom stereocenters. The molecule has 0 aliphatic carbocycles. The van der Waals surface area contributed by atoms with E-state index in [1.54, 1.807) is 0 Å². The van der Waals surface area contributed by atoms with Gasteiger partial charge in [0.15, 0.2) is 0 Å². The molecule has 1 N–H and O–H groups in total. The Balaban J connectivity index is 1.98. The third-order valence-electron chi connectivity index (χ3n) is 2.75. The van der Waals surface area contributed by atoms with Crippen molar-refractivity contribution in [3.05, 3.63) is 56.2 Å². The quantitative estimate of drug-likeness (QED) is 0.865. The molecule has 1 aromatic heterocycles. The number of nitrogens with one attached hydrogen (secondary N) is 1. The zero-order valence-electron chi connectivity index (χ0n) is 10.0. The van der Waals surface area contributed by atoms with E-state index in [1.807, 2.05) is 17.4 Å². The minimum absolute atomic E-state index is 0.355. The molecule has 0 bridgehead atoms. The van der Waals surface area contributed by atoms with Crippen molar-refractivity contribution < 1.29 is 0 Å². The Morgan fingerprint density at radius 3 is 2.65 bits per heavy atom. The monoisotopic (exact) mass is 309 g/mol. The number of hydrogen-bond donors (Lipinski definition) is 1. The molecule has 0 aliphatic rings. The predicted octanol–water partition coefficient (Wildman–Crippen LogP) is 4.67. The Hall–Kier alpha value is -0.640. The summed E-state index contributed by atoms with van der Waals surface area (Å²) in [7, 11) is 0. The summed E-state index contributed by atoms with van der Waals surface area (Å²) in [6.07, 6.45) is 0. The van der Waals surface area contributed by atoms with Gasteiger partial charge in [-0.05, 0) is 37.6 Å². The maximum absolute atomic E-state index is 3.59. The molecule has 1 heterocycles. The van der Waals surface area contributed by atoms with Gasteiger partial charge in [0.1, 0.15) is 0 Å². The van der Waals surface area contributed by atoms with Crippen LogP contribution in [-0.2, 0) is 6.54 Å². The maximum atomic E-state index is 3.59. The summed E-state index contributed by atoms with van der Waals surface area (Å²) in [5.41, 5.74) is 1.31. The highest BCUT2D eigenvalue weighted by atomic mass is 79.9. The highest BCUT2D eigenvalue weighted by Crippen LogP contribution is 2.23. The van der Waals surface area contributed by atoms with Crippen LogP contribution in [0.15, 0.2) is 40.9 Å². The topological polar surface area (TPSA) is 12.0 Å². The van der Waals surface area contributed by atoms with Crippen LogP contribution < -0.4 is 5.32 Å². The summed E-state index contributed by atoms with van der Waals surface area (Å²) in [5.74, 6) is 0. The summed E-state index contributed by atoms with van der Waals surface area (Å²) in [6, 6.07) is 13.1. The Labute approximate surface area is 115 Å². The second-order valence-electron chi connectivity index (χ2n) is 4.14. The van der Waals surface area contributed by atoms with Gasteiger partial charge >= 0.3 is 0 Å². The van der Waals surface area contributed by atoms with Gasteiger partial charge in [-0.2, -0.15) is 0 Å². The first-order valence-corrected chi connectivity index (χ1v) is 7.31. The molecule has 0 aliphatic heterocycles. The molecule has 90 valence electrons. The molecule has 0 saturated heterocycles. The zero-order chi connectivity index (χ0) is 12.3. The molecular formula is C14H16BrNS. The van der Waals surface area contributed by atoms with Crippen LogP contribution in [0.3, 0.4) is 0 Å². The van der Waals surface area contributed by atoms with E-state index in [-0.39, 0.29) is 0 Å². The van der Waals surface area contributed by atoms with Gasteiger partial charge in [-0.3, -0.25) is 0 Å². The Kier molecular flexibility index (Phi) is 4.37. The second-order valence-corrected chi connectivity index (χ2v) is 6.36. The van der Waals surface area contributed by atoms with E-state index >= 15 is 0 Å². The molecule has 1 aromatic carbocycles. The van der Waals surface area contributed by atoms with E-state index in [2.05, 4.69) is 65.4 Å². The number of benzene rings is 1. The molecule has 0 saturated carbocycles. The molecule has 0 spiro atoms. The first-order chi connectivity index (χ1) is 8.16. The maximum Gasteiger partial charge on any atom is 0.0306 e. The second kappa shape index (κ2) is 5.80. The van der Waals surface area contributed by atoms with E-state index in [1.165, 1.54) is 19.8 Å². The minimum Gasteiger partial charge on any atom is -0.305 e. The third-order valence-corrected chi connectivity index (χ3v) is 4.47. The third kappa shape index (κ3) is 3.41. The van der Waals surface area contributed by atoms with Gasteiger partial charge in [-0.15, -0.1) is 11.3 Å². The van der Waals surface area contributed by atoms with Crippen LogP contribution in [0.25, 0.3) is 0 Å². The number of rotatable bonds is 4. The summed E-state index contributed by atoms with van der Waals surface area (Å²) in [5, 5.41) is 3.55. The van der Waals surface area contributed by atoms with Crippen molar-refractivity contribution in [1.82, 2.24) is 5.32 Å². The largest absolute Gasteiger partial charge is 0.305 e. The van der Waals surface area contributed by atoms with Crippen LogP contribution in [0.5, 0.6) is 0 Å². The normalized spacial score (nSPS) is 12.6. The fourth-order valence-corrected chi connectivity index (χ4v) is 3.24. The van der Waals surface area contributed by atoms with E-state index in [9.17, 15) is 0 Å². The van der Waals surface area contributed by atoms with Crippen LogP contribution in [0.1, 0.15) is 28.3 Å². The van der Waals surface area contributed by atoms with Crippen LogP contribution in [0.4, 0.5) is 0 Å². The lowest BCUT2D eigenvalue weighted by atomic mass is 10.1. The summed E-state index contributed by atoms with van der Waals surface area (Å²) in [4.78, 5) is 2.76. The number of aryl methyl sites for hydroxylation is 1. The molecule has 3 heteroatoms. The SMILES string of the molecule is Cc1ccc(CNC(C)c2ccccc2Br)s1. The molecule has 2 aromatic rings. The molecule has 0 amide bonds. The molecule has 0 fully saturated rings. The molecule has 1 nitrogen and oxygen atoms in total. The zero-order valence-corrected chi connectivity index (χ0v) is 12.4. The van der Waals surface area contributed by atoms with Gasteiger partial charge in [0, 0.05) is 26.8 Å². The van der Waals surface area contributed by atoms with Gasteiger partial charge in [-0.1, -0.05) is 34.1 Å². The molecule has 1 unspecified atom stereocenters. The number of halogens is 1. The minimum atomic E-state index is 0.355. The molecule has 2 rings (SSSR count). The summed E-state index contributed by atoms with van der Waals surface area (Å²) >= 11 is 5.44. The van der Waals surface area contributed by atoms with Crippen LogP contribution >= 0.6 is 27.3 Å². The van der Waals surface area contributed by atoms with Crippen LogP contribution in [0, 0.1) is 6.92 Å². The van der Waals surface area contributed by atoms with Gasteiger partial charge in [-0.25, -0.2) is 0 Å². The average molecular weight is 310 g/mol. The van der Waals surface area contributed by atoms with Gasteiger partial charge in [0.2, 0.25) is 0 Å². The first-order valence-electron chi connectivity index (χ1n) is 5.70. The Morgan fingerprint density at radius 1 is 1.24 bits per heavy atom. The highest BCUT2D eigenvalue weighted by Gasteiger charge is 2.08. The summed E-state index contributed by atoms with van der Waals surface area (Å²) in [6.45, 7) is 5.27. The Morgan fingerprint density at radius 2 is 2.00 bits per heavy atom. The van der Waals surface area contributed by atoms with Crippen molar-refractivity contribution in [3.8, 4) is 0 Å². The average Bonchev–Trinajstić information content (AvgIpc) is 2.73. The van der Waals surface area contributed by atoms with Crippen molar-refractivity contribution in [1.29, 1.82) is 0 Å². The van der Waals surface area contributed by atoms with E-state index in [0.29, 0.717) is 6.04 Å². The summed E-state index contributed by atoms with van der Waals surface area (Å²) < 4.78 is 1.17. The predicted molar refractivity (Wildman–Crippen MR) is 78.5 cm³/mol. The lowest BCUT2D eigenvalue weighted by Gasteiger charge is -2.15. The first kappa shape index (κ1) is 12.8. The molecule has 17 heavy (non-hydrogen) atoms. The Bertz CT molecular complexity index is 492. The fourth-order valence-electron chi connectivity index (χ4n) is 1.77. The molecule has 0 radical (unpaired) electrons. The number of hydrogen-bond acceptors (Lipinski definition) is 2. The van der Waals surface area contributed by atoms with Crippen molar-refractivity contribution in [2.75, 3.05) is 0 Å². The number of thiophene rings is 1. The smallest absolute Gasteiger partial charge is 0.0306 e. The van der Waals surface area contributed by atoms with Crippen molar-refractivity contribution in [3.63, 3.8) is 0 Å². The lowest BCUT2D eigenvalue weighted by molar-refractivity contribution is 0.577. The van der Waals surface area contributed by atoms with Crippen molar-refractivity contribution >= 4 is 27.3 Å². The van der Waals surface area contributed by atoms with E-state index < -0.39 is 0 Å². The van der Waals surface area contributed by atoms with Crippen LogP contribution in [-0.4, -0.2) is 0 Å². The molecular weight excluding hydrogens is 294 g/mol. The van der Waals surface area contributed by atoms with E-state index in [4.69, 9.17) is 0 Å². The van der Waals surface area contributed by atoms with Crippen LogP contribution in [0.2, 0.25) is 0 Å². The lowest BCUT2D eigenvalue weighted by Crippen LogP contribution is -2.17. The van der Waals surface area contributed by atoms with Crippen molar-refractivity contribution in [2.45, 2.75) is 26.4 Å².